The highest BCUT2D eigenvalue weighted by Gasteiger charge is 2.29. The van der Waals surface area contributed by atoms with Gasteiger partial charge in [-0.15, -0.1) is 0 Å². The van der Waals surface area contributed by atoms with Crippen LogP contribution in [0.5, 0.6) is 11.5 Å². The van der Waals surface area contributed by atoms with Crippen LogP contribution in [-0.2, 0) is 27.8 Å². The van der Waals surface area contributed by atoms with Gasteiger partial charge in [0.15, 0.2) is 0 Å². The Balaban J connectivity index is 2.53. The molecule has 2 N–H and O–H groups in total. The molecule has 0 spiro atoms. The average Bonchev–Trinajstić information content (AvgIpc) is 2.76. The van der Waals surface area contributed by atoms with Crippen molar-refractivity contribution in [1.29, 1.82) is 0 Å². The van der Waals surface area contributed by atoms with Gasteiger partial charge in [-0.05, 0) is 61.6 Å². The van der Waals surface area contributed by atoms with E-state index in [0.717, 1.165) is 16.7 Å². The first-order valence-corrected chi connectivity index (χ1v) is 10.8. The summed E-state index contributed by atoms with van der Waals surface area (Å²) in [6, 6.07) is 10.8. The van der Waals surface area contributed by atoms with E-state index in [1.165, 1.54) is 0 Å². The van der Waals surface area contributed by atoms with Crippen LogP contribution in [-0.4, -0.2) is 35.4 Å². The summed E-state index contributed by atoms with van der Waals surface area (Å²) in [5.41, 5.74) is 3.48. The van der Waals surface area contributed by atoms with Crippen LogP contribution >= 0.6 is 0 Å². The lowest BCUT2D eigenvalue weighted by Gasteiger charge is -2.31. The van der Waals surface area contributed by atoms with Gasteiger partial charge in [0.2, 0.25) is 0 Å². The predicted molar refractivity (Wildman–Crippen MR) is 127 cm³/mol. The molecule has 0 radical (unpaired) electrons. The summed E-state index contributed by atoms with van der Waals surface area (Å²) in [5.74, 6) is -0.264. The second-order valence-electron chi connectivity index (χ2n) is 8.50. The minimum Gasteiger partial charge on any atom is -0.423 e. The Morgan fingerprint density at radius 1 is 0.818 bits per heavy atom. The van der Waals surface area contributed by atoms with E-state index < -0.39 is 17.4 Å². The van der Waals surface area contributed by atoms with Gasteiger partial charge in [0.1, 0.15) is 11.5 Å². The van der Waals surface area contributed by atoms with Gasteiger partial charge in [-0.2, -0.15) is 0 Å². The van der Waals surface area contributed by atoms with E-state index in [1.807, 2.05) is 32.0 Å². The molecule has 0 bridgehead atoms. The lowest BCUT2D eigenvalue weighted by atomic mass is 9.74. The smallest absolute Gasteiger partial charge is 0.338 e. The molecule has 33 heavy (non-hydrogen) atoms. The second kappa shape index (κ2) is 11.1. The molecular formula is C27H32O6. The van der Waals surface area contributed by atoms with Crippen LogP contribution in [0.25, 0.3) is 0 Å². The van der Waals surface area contributed by atoms with Crippen molar-refractivity contribution >= 4 is 11.9 Å². The minimum absolute atomic E-state index is 0.102. The monoisotopic (exact) mass is 452 g/mol. The maximum Gasteiger partial charge on any atom is 0.338 e. The number of hydrogen-bond acceptors (Lipinski definition) is 6. The maximum absolute atomic E-state index is 12.1. The third kappa shape index (κ3) is 6.18. The molecule has 2 rings (SSSR count). The summed E-state index contributed by atoms with van der Waals surface area (Å²) >= 11 is 0. The fourth-order valence-electron chi connectivity index (χ4n) is 3.61. The molecule has 176 valence electrons. The van der Waals surface area contributed by atoms with Crippen LogP contribution in [0.3, 0.4) is 0 Å². The zero-order chi connectivity index (χ0) is 24.8. The largest absolute Gasteiger partial charge is 0.423 e. The number of ether oxygens (including phenoxy) is 2. The minimum atomic E-state index is -0.545. The molecule has 0 aliphatic carbocycles. The number of carbonyl (C=O) groups excluding carboxylic acids is 2. The Labute approximate surface area is 195 Å². The van der Waals surface area contributed by atoms with E-state index in [2.05, 4.69) is 13.2 Å². The maximum atomic E-state index is 12.1. The number of carbonyl (C=O) groups is 2. The Hall–Kier alpha value is -3.22. The molecule has 0 unspecified atom stereocenters. The SMILES string of the molecule is C=C(C)C(=O)Oc1ccc(C(C)(C)c2ccc(OC(=O)C(=C)C)c(CCO)c2CCO)cc1. The lowest BCUT2D eigenvalue weighted by Crippen LogP contribution is -2.23. The molecule has 0 saturated carbocycles. The molecule has 2 aromatic rings. The van der Waals surface area contributed by atoms with Crippen LogP contribution < -0.4 is 9.47 Å². The molecule has 0 aliphatic rings. The van der Waals surface area contributed by atoms with Gasteiger partial charge >= 0.3 is 11.9 Å². The second-order valence-corrected chi connectivity index (χ2v) is 8.50. The van der Waals surface area contributed by atoms with Crippen molar-refractivity contribution in [1.82, 2.24) is 0 Å². The number of aliphatic hydroxyl groups excluding tert-OH is 2. The first kappa shape index (κ1) is 26.0. The van der Waals surface area contributed by atoms with Crippen molar-refractivity contribution in [3.63, 3.8) is 0 Å². The molecule has 0 amide bonds. The molecule has 6 heteroatoms. The number of aliphatic hydroxyl groups is 2. The van der Waals surface area contributed by atoms with Gasteiger partial charge in [0, 0.05) is 35.3 Å². The summed E-state index contributed by atoms with van der Waals surface area (Å²) in [6.45, 7) is 14.2. The van der Waals surface area contributed by atoms with Crippen LogP contribution in [0.15, 0.2) is 60.7 Å². The zero-order valence-corrected chi connectivity index (χ0v) is 19.7. The molecular weight excluding hydrogens is 420 g/mol. The van der Waals surface area contributed by atoms with Crippen LogP contribution in [0.1, 0.15) is 49.9 Å². The van der Waals surface area contributed by atoms with Crippen LogP contribution in [0, 0.1) is 0 Å². The van der Waals surface area contributed by atoms with Gasteiger partial charge in [0.05, 0.1) is 0 Å². The Bertz CT molecular complexity index is 1050. The van der Waals surface area contributed by atoms with E-state index in [9.17, 15) is 19.8 Å². The van der Waals surface area contributed by atoms with Crippen LogP contribution in [0.4, 0.5) is 0 Å². The van der Waals surface area contributed by atoms with Crippen molar-refractivity contribution in [3.8, 4) is 11.5 Å². The summed E-state index contributed by atoms with van der Waals surface area (Å²) in [6.07, 6.45) is 0.606. The summed E-state index contributed by atoms with van der Waals surface area (Å²) in [7, 11) is 0. The summed E-state index contributed by atoms with van der Waals surface area (Å²) < 4.78 is 10.8. The van der Waals surface area contributed by atoms with E-state index in [-0.39, 0.29) is 25.2 Å². The van der Waals surface area contributed by atoms with Gasteiger partial charge in [0.25, 0.3) is 0 Å². The first-order chi connectivity index (χ1) is 15.5. The van der Waals surface area contributed by atoms with E-state index >= 15 is 0 Å². The number of rotatable bonds is 10. The van der Waals surface area contributed by atoms with Crippen LogP contribution in [0.2, 0.25) is 0 Å². The molecule has 0 aromatic heterocycles. The van der Waals surface area contributed by atoms with Gasteiger partial charge < -0.3 is 19.7 Å². The average molecular weight is 453 g/mol. The predicted octanol–water partition coefficient (Wildman–Crippen LogP) is 4.05. The number of esters is 2. The van der Waals surface area contributed by atoms with Crippen molar-refractivity contribution in [2.75, 3.05) is 13.2 Å². The molecule has 2 aromatic carbocycles. The Morgan fingerprint density at radius 3 is 1.85 bits per heavy atom. The Kier molecular flexibility index (Phi) is 8.74. The van der Waals surface area contributed by atoms with E-state index in [1.54, 1.807) is 32.0 Å². The molecule has 6 nitrogen and oxygen atoms in total. The van der Waals surface area contributed by atoms with Crippen molar-refractivity contribution in [2.24, 2.45) is 0 Å². The molecule has 0 fully saturated rings. The first-order valence-electron chi connectivity index (χ1n) is 10.8. The highest BCUT2D eigenvalue weighted by Crippen LogP contribution is 2.39. The zero-order valence-electron chi connectivity index (χ0n) is 19.7. The quantitative estimate of drug-likeness (QED) is 0.321. The third-order valence-corrected chi connectivity index (χ3v) is 5.47. The highest BCUT2D eigenvalue weighted by atomic mass is 16.5. The summed E-state index contributed by atoms with van der Waals surface area (Å²) in [5, 5.41) is 19.4. The van der Waals surface area contributed by atoms with Crippen molar-refractivity contribution in [2.45, 2.75) is 46.0 Å². The number of benzene rings is 2. The normalized spacial score (nSPS) is 11.1. The lowest BCUT2D eigenvalue weighted by molar-refractivity contribution is -0.131. The highest BCUT2D eigenvalue weighted by molar-refractivity contribution is 5.89. The van der Waals surface area contributed by atoms with Gasteiger partial charge in [-0.1, -0.05) is 45.2 Å². The van der Waals surface area contributed by atoms with Crippen molar-refractivity contribution in [3.05, 3.63) is 83.0 Å². The molecule has 0 heterocycles. The molecule has 0 aliphatic heterocycles. The van der Waals surface area contributed by atoms with Gasteiger partial charge in [-0.25, -0.2) is 9.59 Å². The molecule has 0 atom stereocenters. The summed E-state index contributed by atoms with van der Waals surface area (Å²) in [4.78, 5) is 23.9. The topological polar surface area (TPSA) is 93.1 Å². The number of hydrogen-bond donors (Lipinski definition) is 2. The fraction of sp³-hybridized carbons (Fsp3) is 0.333. The van der Waals surface area contributed by atoms with E-state index in [4.69, 9.17) is 9.47 Å². The van der Waals surface area contributed by atoms with E-state index in [0.29, 0.717) is 29.1 Å². The Morgan fingerprint density at radius 2 is 1.33 bits per heavy atom. The molecule has 0 saturated heterocycles. The van der Waals surface area contributed by atoms with Gasteiger partial charge in [-0.3, -0.25) is 0 Å². The third-order valence-electron chi connectivity index (χ3n) is 5.47. The van der Waals surface area contributed by atoms with Crippen molar-refractivity contribution < 1.29 is 29.3 Å². The standard InChI is InChI=1S/C27H32O6/c1-17(2)25(30)32-20-9-7-19(8-10-20)27(5,6)23-11-12-24(33-26(31)18(3)4)22(14-16-29)21(23)13-15-28/h7-12,28-29H,1,3,13-16H2,2,4-6H3. The fourth-order valence-corrected chi connectivity index (χ4v) is 3.61.